The number of aryl methyl sites for hydroxylation is 1. The molecule has 0 saturated heterocycles. The van der Waals surface area contributed by atoms with Crippen LogP contribution < -0.4 is 0 Å². The Morgan fingerprint density at radius 3 is 0.990 bits per heavy atom. The van der Waals surface area contributed by atoms with E-state index in [9.17, 15) is 5.26 Å². The van der Waals surface area contributed by atoms with E-state index in [1.165, 1.54) is 10.9 Å². The van der Waals surface area contributed by atoms with Crippen molar-refractivity contribution >= 4 is 82.4 Å². The van der Waals surface area contributed by atoms with E-state index in [2.05, 4.69) is 382 Å². The molecule has 476 valence electrons. The van der Waals surface area contributed by atoms with Crippen LogP contribution in [0.1, 0.15) is 23.2 Å². The highest BCUT2D eigenvalue weighted by Gasteiger charge is 2.36. The summed E-state index contributed by atoms with van der Waals surface area (Å²) in [5, 5.41) is 21.2. The molecule has 0 N–H and O–H groups in total. The first-order valence-corrected chi connectivity index (χ1v) is 35.2. The van der Waals surface area contributed by atoms with Gasteiger partial charge < -0.3 is 18.3 Å². The van der Waals surface area contributed by atoms with Crippen molar-refractivity contribution in [2.75, 3.05) is 0 Å². The SMILES string of the molecule is N#Cc1c(-n2c3c(c4ccccc42)CCC=C3)c(-n2c3ccc(-c4ccccc4)cc3c3cc(-c4ccccc4-c4ccccc4)ccc32)c(-c2ccccc2)c(-n2c3ccc(-c4ccccc4)cc3c3cc(-c4ccccc4-c4ccccc4)ccc32)c1-n1c2ccccc2c2ccccc21. The normalized spacial score (nSPS) is 12.2. The standard InChI is InChI=1S/C97H63N5/c98-62-84-94(99-85-46-24-20-42-76(85)77-43-21-25-47-86(77)99)96(101-89-54-50-68(63-28-6-1-7-29-63)58-80(89)82-60-70(52-56-91(82)101)74-40-18-16-38-72(74)65-32-10-3-11-33-65)93(67-36-14-5-15-37-67)97(95(84)100-87-48-26-22-44-78(87)79-45-23-27-49-88(79)100)102-90-55-51-69(64-30-8-2-9-31-64)59-81(90)83-61-71(53-57-92(83)102)75-41-19-17-39-73(75)66-34-12-4-13-35-66/h1-22,24-44,46-61H,23,45H2. The Labute approximate surface area is 590 Å². The molecule has 1 aliphatic rings. The molecule has 4 aromatic heterocycles. The lowest BCUT2D eigenvalue weighted by atomic mass is 9.92. The molecular weight excluding hydrogens is 1240 g/mol. The fourth-order valence-corrected chi connectivity index (χ4v) is 16.8. The molecule has 20 rings (SSSR count). The third-order valence-corrected chi connectivity index (χ3v) is 21.3. The van der Waals surface area contributed by atoms with Crippen LogP contribution in [0.15, 0.2) is 352 Å². The third kappa shape index (κ3) is 9.17. The second-order valence-corrected chi connectivity index (χ2v) is 26.8. The van der Waals surface area contributed by atoms with Gasteiger partial charge in [-0.25, -0.2) is 0 Å². The minimum absolute atomic E-state index is 0.530. The molecule has 5 heteroatoms. The predicted molar refractivity (Wildman–Crippen MR) is 426 cm³/mol. The molecule has 15 aromatic carbocycles. The Hall–Kier alpha value is -13.5. The van der Waals surface area contributed by atoms with Crippen LogP contribution in [0.3, 0.4) is 0 Å². The van der Waals surface area contributed by atoms with Crippen LogP contribution in [0.2, 0.25) is 0 Å². The summed E-state index contributed by atoms with van der Waals surface area (Å²) in [5.74, 6) is 0. The molecule has 4 heterocycles. The summed E-state index contributed by atoms with van der Waals surface area (Å²) in [4.78, 5) is 0. The van der Waals surface area contributed by atoms with E-state index in [0.717, 1.165) is 190 Å². The largest absolute Gasteiger partial charge is 0.306 e. The smallest absolute Gasteiger partial charge is 0.104 e. The zero-order valence-electron chi connectivity index (χ0n) is 55.7. The fourth-order valence-electron chi connectivity index (χ4n) is 16.8. The van der Waals surface area contributed by atoms with Gasteiger partial charge in [0.1, 0.15) is 11.6 Å². The van der Waals surface area contributed by atoms with Crippen LogP contribution in [0, 0.1) is 11.3 Å². The second kappa shape index (κ2) is 23.9. The minimum Gasteiger partial charge on any atom is -0.306 e. The second-order valence-electron chi connectivity index (χ2n) is 26.8. The maximum absolute atomic E-state index is 13.5. The molecule has 0 amide bonds. The number of hydrogen-bond donors (Lipinski definition) is 0. The maximum atomic E-state index is 13.5. The van der Waals surface area contributed by atoms with Crippen LogP contribution >= 0.6 is 0 Å². The van der Waals surface area contributed by atoms with Crippen LogP contribution in [0.25, 0.3) is 183 Å². The topological polar surface area (TPSA) is 43.5 Å². The van der Waals surface area contributed by atoms with Gasteiger partial charge in [-0.15, -0.1) is 0 Å². The number of allylic oxidation sites excluding steroid dienone is 1. The summed E-state index contributed by atoms with van der Waals surface area (Å²) < 4.78 is 9.97. The van der Waals surface area contributed by atoms with Crippen molar-refractivity contribution in [3.63, 3.8) is 0 Å². The first kappa shape index (κ1) is 58.6. The van der Waals surface area contributed by atoms with Crippen molar-refractivity contribution in [1.82, 2.24) is 18.3 Å². The number of rotatable bonds is 11. The van der Waals surface area contributed by atoms with E-state index in [1.807, 2.05) is 0 Å². The highest BCUT2D eigenvalue weighted by Crippen LogP contribution is 2.53. The lowest BCUT2D eigenvalue weighted by Gasteiger charge is -2.29. The van der Waals surface area contributed by atoms with Gasteiger partial charge in [0.15, 0.2) is 0 Å². The number of nitriles is 1. The van der Waals surface area contributed by atoms with Crippen molar-refractivity contribution < 1.29 is 0 Å². The van der Waals surface area contributed by atoms with Crippen molar-refractivity contribution in [2.24, 2.45) is 0 Å². The molecule has 1 aliphatic carbocycles. The quantitative estimate of drug-likeness (QED) is 0.127. The summed E-state index contributed by atoms with van der Waals surface area (Å²) in [6, 6.07) is 129. The van der Waals surface area contributed by atoms with E-state index >= 15 is 0 Å². The number of para-hydroxylation sites is 3. The highest BCUT2D eigenvalue weighted by molar-refractivity contribution is 6.18. The zero-order chi connectivity index (χ0) is 67.4. The summed E-state index contributed by atoms with van der Waals surface area (Å²) in [5.41, 5.74) is 28.8. The number of hydrogen-bond acceptors (Lipinski definition) is 1. The van der Waals surface area contributed by atoms with Gasteiger partial charge in [-0.2, -0.15) is 5.26 Å². The lowest BCUT2D eigenvalue weighted by molar-refractivity contribution is 0.956. The minimum atomic E-state index is 0.530. The van der Waals surface area contributed by atoms with Crippen molar-refractivity contribution in [2.45, 2.75) is 12.8 Å². The average molecular weight is 1300 g/mol. The van der Waals surface area contributed by atoms with Crippen LogP contribution in [-0.2, 0) is 6.42 Å². The molecule has 0 bridgehead atoms. The first-order chi connectivity index (χ1) is 50.6. The summed E-state index contributed by atoms with van der Waals surface area (Å²) >= 11 is 0. The molecule has 0 radical (unpaired) electrons. The van der Waals surface area contributed by atoms with Gasteiger partial charge in [0.2, 0.25) is 0 Å². The van der Waals surface area contributed by atoms with Gasteiger partial charge in [0, 0.05) is 49.0 Å². The van der Waals surface area contributed by atoms with Crippen LogP contribution in [0.4, 0.5) is 0 Å². The lowest BCUT2D eigenvalue weighted by Crippen LogP contribution is -2.17. The Bertz CT molecular complexity index is 6600. The van der Waals surface area contributed by atoms with Crippen molar-refractivity contribution in [3.8, 4) is 107 Å². The Morgan fingerprint density at radius 2 is 0.559 bits per heavy atom. The molecule has 5 nitrogen and oxygen atoms in total. The van der Waals surface area contributed by atoms with Crippen molar-refractivity contribution in [3.05, 3.63) is 369 Å². The molecule has 0 spiro atoms. The van der Waals surface area contributed by atoms with Gasteiger partial charge in [0.05, 0.1) is 61.4 Å². The van der Waals surface area contributed by atoms with Gasteiger partial charge in [-0.1, -0.05) is 285 Å². The molecular formula is C97H63N5. The Morgan fingerprint density at radius 1 is 0.245 bits per heavy atom. The zero-order valence-corrected chi connectivity index (χ0v) is 55.7. The maximum Gasteiger partial charge on any atom is 0.104 e. The molecule has 0 fully saturated rings. The average Bonchev–Trinajstić information content (AvgIpc) is 1.46. The summed E-state index contributed by atoms with van der Waals surface area (Å²) in [6.07, 6.45) is 6.40. The molecule has 0 saturated carbocycles. The Balaban J connectivity index is 1.03. The fraction of sp³-hybridized carbons (Fsp3) is 0.0206. The number of benzene rings is 15. The monoisotopic (exact) mass is 1300 g/mol. The van der Waals surface area contributed by atoms with Gasteiger partial charge >= 0.3 is 0 Å². The van der Waals surface area contributed by atoms with E-state index in [4.69, 9.17) is 0 Å². The van der Waals surface area contributed by atoms with Gasteiger partial charge in [-0.05, 0) is 164 Å². The third-order valence-electron chi connectivity index (χ3n) is 21.3. The molecule has 0 unspecified atom stereocenters. The van der Waals surface area contributed by atoms with E-state index in [0.29, 0.717) is 5.56 Å². The van der Waals surface area contributed by atoms with Crippen LogP contribution in [0.5, 0.6) is 0 Å². The number of nitrogens with zero attached hydrogens (tertiary/aromatic N) is 5. The Kier molecular flexibility index (Phi) is 13.7. The molecule has 0 atom stereocenters. The highest BCUT2D eigenvalue weighted by atomic mass is 15.1. The van der Waals surface area contributed by atoms with Gasteiger partial charge in [0.25, 0.3) is 0 Å². The number of fused-ring (bicyclic) bond motifs is 12. The van der Waals surface area contributed by atoms with Crippen molar-refractivity contribution in [1.29, 1.82) is 5.26 Å². The van der Waals surface area contributed by atoms with E-state index in [1.54, 1.807) is 0 Å². The molecule has 102 heavy (non-hydrogen) atoms. The van der Waals surface area contributed by atoms with Crippen LogP contribution in [-0.4, -0.2) is 18.3 Å². The molecule has 0 aliphatic heterocycles. The van der Waals surface area contributed by atoms with E-state index in [-0.39, 0.29) is 0 Å². The van der Waals surface area contributed by atoms with E-state index < -0.39 is 0 Å². The summed E-state index contributed by atoms with van der Waals surface area (Å²) in [6.45, 7) is 0. The first-order valence-electron chi connectivity index (χ1n) is 35.2. The summed E-state index contributed by atoms with van der Waals surface area (Å²) in [7, 11) is 0. The van der Waals surface area contributed by atoms with Gasteiger partial charge in [-0.3, -0.25) is 0 Å². The predicted octanol–water partition coefficient (Wildman–Crippen LogP) is 25.4. The number of aromatic nitrogens is 4. The molecule has 19 aromatic rings.